The zero-order valence-electron chi connectivity index (χ0n) is 5.29. The first-order valence-electron chi connectivity index (χ1n) is 2.55. The lowest BCUT2D eigenvalue weighted by Gasteiger charge is -1.87. The average Bonchev–Trinajstić information content (AvgIpc) is 2.34. The van der Waals surface area contributed by atoms with Gasteiger partial charge in [-0.1, -0.05) is 5.16 Å². The van der Waals surface area contributed by atoms with Gasteiger partial charge in [-0.05, 0) is 0 Å². The summed E-state index contributed by atoms with van der Waals surface area (Å²) in [5.74, 6) is 4.51. The number of nitrogens with one attached hydrogen (secondary N) is 1. The third kappa shape index (κ3) is 1.11. The first-order chi connectivity index (χ1) is 4.74. The van der Waals surface area contributed by atoms with Gasteiger partial charge in [0.15, 0.2) is 0 Å². The molecule has 0 bridgehead atoms. The van der Waals surface area contributed by atoms with Crippen LogP contribution in [0.5, 0.6) is 0 Å². The van der Waals surface area contributed by atoms with Gasteiger partial charge in [0.1, 0.15) is 0 Å². The third-order valence-electron chi connectivity index (χ3n) is 0.862. The standard InChI is InChI=1S/C4H6N4O2/c1-2-6-3(8-10-2)4(9)7-5/h5H2,1H3,(H,7,9). The fourth-order valence-electron chi connectivity index (χ4n) is 0.456. The maximum Gasteiger partial charge on any atom is 0.306 e. The molecule has 6 nitrogen and oxygen atoms in total. The normalized spacial score (nSPS) is 9.40. The third-order valence-corrected chi connectivity index (χ3v) is 0.862. The molecule has 0 aromatic carbocycles. The number of nitrogens with two attached hydrogens (primary N) is 1. The molecule has 0 saturated heterocycles. The van der Waals surface area contributed by atoms with Crippen molar-refractivity contribution >= 4 is 5.91 Å². The number of nitrogens with zero attached hydrogens (tertiary/aromatic N) is 2. The van der Waals surface area contributed by atoms with Gasteiger partial charge in [-0.15, -0.1) is 0 Å². The molecule has 1 aromatic rings. The highest BCUT2D eigenvalue weighted by Gasteiger charge is 2.09. The smallest absolute Gasteiger partial charge is 0.306 e. The highest BCUT2D eigenvalue weighted by Crippen LogP contribution is 1.92. The fourth-order valence-corrected chi connectivity index (χ4v) is 0.456. The predicted octanol–water partition coefficient (Wildman–Crippen LogP) is -1.02. The van der Waals surface area contributed by atoms with Crippen LogP contribution >= 0.6 is 0 Å². The maximum atomic E-state index is 10.6. The highest BCUT2D eigenvalue weighted by molar-refractivity contribution is 5.89. The molecule has 1 heterocycles. The molecule has 0 saturated carbocycles. The number of hydrazine groups is 1. The van der Waals surface area contributed by atoms with Crippen molar-refractivity contribution in [2.24, 2.45) is 5.84 Å². The van der Waals surface area contributed by atoms with Crippen molar-refractivity contribution in [3.05, 3.63) is 11.7 Å². The minimum atomic E-state index is -0.558. The lowest BCUT2D eigenvalue weighted by atomic mass is 10.6. The highest BCUT2D eigenvalue weighted by atomic mass is 16.5. The van der Waals surface area contributed by atoms with Crippen molar-refractivity contribution in [1.29, 1.82) is 0 Å². The average molecular weight is 142 g/mol. The Hall–Kier alpha value is -1.43. The van der Waals surface area contributed by atoms with E-state index in [2.05, 4.69) is 14.7 Å². The van der Waals surface area contributed by atoms with Crippen molar-refractivity contribution in [3.8, 4) is 0 Å². The molecule has 6 heteroatoms. The summed E-state index contributed by atoms with van der Waals surface area (Å²) >= 11 is 0. The van der Waals surface area contributed by atoms with E-state index in [1.807, 2.05) is 5.43 Å². The van der Waals surface area contributed by atoms with Crippen LogP contribution in [0.4, 0.5) is 0 Å². The molecule has 54 valence electrons. The first-order valence-corrected chi connectivity index (χ1v) is 2.55. The topological polar surface area (TPSA) is 94.0 Å². The summed E-state index contributed by atoms with van der Waals surface area (Å²) < 4.78 is 4.51. The number of hydrogen-bond donors (Lipinski definition) is 2. The summed E-state index contributed by atoms with van der Waals surface area (Å²) in [5.41, 5.74) is 1.87. The zero-order chi connectivity index (χ0) is 7.56. The fraction of sp³-hybridized carbons (Fsp3) is 0.250. The van der Waals surface area contributed by atoms with Gasteiger partial charge in [-0.2, -0.15) is 4.98 Å². The molecule has 0 aliphatic rings. The van der Waals surface area contributed by atoms with E-state index in [0.717, 1.165) is 0 Å². The molecule has 3 N–H and O–H groups in total. The van der Waals surface area contributed by atoms with Crippen LogP contribution in [0.3, 0.4) is 0 Å². The van der Waals surface area contributed by atoms with Gasteiger partial charge in [0, 0.05) is 6.92 Å². The van der Waals surface area contributed by atoms with Gasteiger partial charge in [0.25, 0.3) is 5.82 Å². The Kier molecular flexibility index (Phi) is 1.63. The number of aromatic nitrogens is 2. The van der Waals surface area contributed by atoms with Crippen LogP contribution in [0.25, 0.3) is 0 Å². The number of carbonyl (C=O) groups excluding carboxylic acids is 1. The van der Waals surface area contributed by atoms with Gasteiger partial charge in [0.2, 0.25) is 5.89 Å². The maximum absolute atomic E-state index is 10.6. The summed E-state index contributed by atoms with van der Waals surface area (Å²) in [5, 5.41) is 3.31. The van der Waals surface area contributed by atoms with E-state index in [1.54, 1.807) is 6.92 Å². The molecule has 0 spiro atoms. The molecule has 1 amide bonds. The lowest BCUT2D eigenvalue weighted by Crippen LogP contribution is -2.30. The van der Waals surface area contributed by atoms with E-state index in [-0.39, 0.29) is 5.82 Å². The van der Waals surface area contributed by atoms with E-state index in [9.17, 15) is 4.79 Å². The summed E-state index contributed by atoms with van der Waals surface area (Å²) in [6.07, 6.45) is 0. The van der Waals surface area contributed by atoms with Crippen LogP contribution < -0.4 is 11.3 Å². The number of amides is 1. The second-order valence-corrected chi connectivity index (χ2v) is 1.61. The van der Waals surface area contributed by atoms with Gasteiger partial charge < -0.3 is 4.52 Å². The summed E-state index contributed by atoms with van der Waals surface area (Å²) in [6, 6.07) is 0. The first kappa shape index (κ1) is 6.69. The van der Waals surface area contributed by atoms with E-state index < -0.39 is 5.91 Å². The number of nitrogen functional groups attached to an aromatic ring is 1. The van der Waals surface area contributed by atoms with Crippen LogP contribution in [0.15, 0.2) is 4.52 Å². The molecule has 0 fully saturated rings. The Bertz CT molecular complexity index is 243. The quantitative estimate of drug-likeness (QED) is 0.297. The SMILES string of the molecule is Cc1nc(C(=O)NN)no1. The Morgan fingerprint density at radius 3 is 2.90 bits per heavy atom. The second-order valence-electron chi connectivity index (χ2n) is 1.61. The van der Waals surface area contributed by atoms with Crippen LogP contribution in [0, 0.1) is 6.92 Å². The molecule has 0 unspecified atom stereocenters. The van der Waals surface area contributed by atoms with Crippen molar-refractivity contribution in [3.63, 3.8) is 0 Å². The van der Waals surface area contributed by atoms with Gasteiger partial charge in [-0.25, -0.2) is 5.84 Å². The predicted molar refractivity (Wildman–Crippen MR) is 30.7 cm³/mol. The number of rotatable bonds is 1. The Morgan fingerprint density at radius 2 is 2.50 bits per heavy atom. The molecule has 1 rings (SSSR count). The van der Waals surface area contributed by atoms with Crippen LogP contribution in [0.1, 0.15) is 16.5 Å². The van der Waals surface area contributed by atoms with Gasteiger partial charge >= 0.3 is 5.91 Å². The number of carbonyl (C=O) groups is 1. The molecule has 10 heavy (non-hydrogen) atoms. The monoisotopic (exact) mass is 142 g/mol. The lowest BCUT2D eigenvalue weighted by molar-refractivity contribution is 0.0940. The van der Waals surface area contributed by atoms with Gasteiger partial charge in [0.05, 0.1) is 0 Å². The summed E-state index contributed by atoms with van der Waals surface area (Å²) in [4.78, 5) is 14.2. The van der Waals surface area contributed by atoms with Crippen LogP contribution in [0.2, 0.25) is 0 Å². The van der Waals surface area contributed by atoms with Crippen molar-refractivity contribution in [2.75, 3.05) is 0 Å². The zero-order valence-corrected chi connectivity index (χ0v) is 5.29. The molecule has 0 aliphatic carbocycles. The number of hydrogen-bond acceptors (Lipinski definition) is 5. The Morgan fingerprint density at radius 1 is 1.80 bits per heavy atom. The summed E-state index contributed by atoms with van der Waals surface area (Å²) in [6.45, 7) is 1.58. The van der Waals surface area contributed by atoms with Crippen LogP contribution in [-0.2, 0) is 0 Å². The van der Waals surface area contributed by atoms with E-state index >= 15 is 0 Å². The Labute approximate surface area is 56.4 Å². The van der Waals surface area contributed by atoms with Crippen molar-refractivity contribution in [1.82, 2.24) is 15.6 Å². The minimum Gasteiger partial charge on any atom is -0.339 e. The van der Waals surface area contributed by atoms with E-state index in [4.69, 9.17) is 5.84 Å². The largest absolute Gasteiger partial charge is 0.339 e. The number of aryl methyl sites for hydroxylation is 1. The molecule has 0 atom stereocenters. The molecule has 1 aromatic heterocycles. The molecular weight excluding hydrogens is 136 g/mol. The molecule has 0 radical (unpaired) electrons. The van der Waals surface area contributed by atoms with Crippen molar-refractivity contribution in [2.45, 2.75) is 6.92 Å². The Balaban J connectivity index is 2.85. The minimum absolute atomic E-state index is 0.0556. The summed E-state index contributed by atoms with van der Waals surface area (Å²) in [7, 11) is 0. The van der Waals surface area contributed by atoms with E-state index in [0.29, 0.717) is 5.89 Å². The van der Waals surface area contributed by atoms with E-state index in [1.165, 1.54) is 0 Å². The van der Waals surface area contributed by atoms with Crippen LogP contribution in [-0.4, -0.2) is 16.0 Å². The second kappa shape index (κ2) is 2.44. The molecular formula is C4H6N4O2. The van der Waals surface area contributed by atoms with Crippen molar-refractivity contribution < 1.29 is 9.32 Å². The van der Waals surface area contributed by atoms with Gasteiger partial charge in [-0.3, -0.25) is 10.2 Å². The molecule has 0 aliphatic heterocycles.